The normalized spacial score (nSPS) is 2.40. The topological polar surface area (TPSA) is 0 Å². The van der Waals surface area contributed by atoms with Crippen molar-refractivity contribution in [2.75, 3.05) is 0 Å². The first-order valence-electron chi connectivity index (χ1n) is 0.816. The molecule has 0 aromatic heterocycles. The van der Waals surface area contributed by atoms with E-state index in [-0.39, 0.29) is 28.5 Å². The van der Waals surface area contributed by atoms with Crippen molar-refractivity contribution in [2.45, 2.75) is 0 Å². The Bertz CT molecular complexity index is 11.1. The van der Waals surface area contributed by atoms with Crippen LogP contribution in [0, 0.1) is 14.4 Å². The van der Waals surface area contributed by atoms with E-state index in [1.165, 1.54) is 6.08 Å². The summed E-state index contributed by atoms with van der Waals surface area (Å²) < 4.78 is 0. The molecule has 0 aromatic carbocycles. The van der Waals surface area contributed by atoms with Gasteiger partial charge in [-0.1, -0.05) is 0 Å². The third-order valence-electron chi connectivity index (χ3n) is 0. The number of allylic oxidation sites excluding steroid dienone is 1. The molecule has 0 N–H and O–H groups in total. The van der Waals surface area contributed by atoms with Crippen LogP contribution in [0.15, 0.2) is 12.7 Å². The van der Waals surface area contributed by atoms with Gasteiger partial charge < -0.3 is 7.43 Å². The van der Waals surface area contributed by atoms with Crippen LogP contribution in [-0.2, 0) is 21.1 Å². The quantitative estimate of drug-likeness (QED) is 0.562. The monoisotopic (exact) mass is 240 g/mol. The minimum absolute atomic E-state index is 0. The summed E-state index contributed by atoms with van der Waals surface area (Å²) in [5, 5.41) is 0. The van der Waals surface area contributed by atoms with Gasteiger partial charge in [-0.05, 0) is 0 Å². The molecule has 0 atom stereocenters. The predicted molar refractivity (Wildman–Crippen MR) is 22.0 cm³/mol. The van der Waals surface area contributed by atoms with E-state index in [2.05, 4.69) is 13.5 Å². The van der Waals surface area contributed by atoms with Crippen molar-refractivity contribution in [3.8, 4) is 0 Å². The largest absolute Gasteiger partial charge is 2.00 e. The van der Waals surface area contributed by atoms with Gasteiger partial charge in [-0.3, -0.25) is 0 Å². The molecule has 5 heavy (non-hydrogen) atoms. The molecule has 1 heteroatoms. The second-order valence-corrected chi connectivity index (χ2v) is 0.289. The third-order valence-corrected chi connectivity index (χ3v) is 0. The SMILES string of the molecule is C=C[CH2-].[CH3-].[W+2]. The van der Waals surface area contributed by atoms with E-state index < -0.39 is 0 Å². The molecule has 0 fully saturated rings. The van der Waals surface area contributed by atoms with Gasteiger partial charge in [0.2, 0.25) is 0 Å². The van der Waals surface area contributed by atoms with Crippen LogP contribution in [-0.4, -0.2) is 0 Å². The summed E-state index contributed by atoms with van der Waals surface area (Å²) in [5.41, 5.74) is 0. The molecular weight excluding hydrogens is 232 g/mol. The molecule has 0 saturated heterocycles. The van der Waals surface area contributed by atoms with Crippen LogP contribution in [0.5, 0.6) is 0 Å². The van der Waals surface area contributed by atoms with E-state index in [0.29, 0.717) is 0 Å². The minimum atomic E-state index is 0. The summed E-state index contributed by atoms with van der Waals surface area (Å²) in [6.07, 6.45) is 1.50. The molecule has 0 radical (unpaired) electrons. The first-order valence-corrected chi connectivity index (χ1v) is 0.816. The molecule has 0 bridgehead atoms. The Labute approximate surface area is 48.5 Å². The van der Waals surface area contributed by atoms with Crippen molar-refractivity contribution < 1.29 is 21.1 Å². The number of hydrogen-bond donors (Lipinski definition) is 0. The van der Waals surface area contributed by atoms with E-state index in [1.807, 2.05) is 0 Å². The van der Waals surface area contributed by atoms with Gasteiger partial charge in [0, 0.05) is 0 Å². The molecule has 0 saturated carbocycles. The molecule has 0 amide bonds. The van der Waals surface area contributed by atoms with Gasteiger partial charge in [0.15, 0.2) is 0 Å². The van der Waals surface area contributed by atoms with E-state index >= 15 is 0 Å². The maximum Gasteiger partial charge on any atom is 2.00 e. The Morgan fingerprint density at radius 1 is 1.60 bits per heavy atom. The standard InChI is InChI=1S/C3H5.CH3.W/c1-3-2;;/h3H,1-2H2;1H3;/q2*-1;+2. The van der Waals surface area contributed by atoms with Crippen LogP contribution in [0.4, 0.5) is 0 Å². The van der Waals surface area contributed by atoms with Crippen molar-refractivity contribution in [1.29, 1.82) is 0 Å². The van der Waals surface area contributed by atoms with Crippen LogP contribution in [0.1, 0.15) is 0 Å². The Balaban J connectivity index is -0.0000000200. The molecule has 0 aliphatic rings. The van der Waals surface area contributed by atoms with Gasteiger partial charge in [-0.2, -0.15) is 0 Å². The number of rotatable bonds is 0. The molecule has 30 valence electrons. The Kier molecular flexibility index (Phi) is 103. The second kappa shape index (κ2) is 27.7. The average Bonchev–Trinajstić information content (AvgIpc) is 0.918. The van der Waals surface area contributed by atoms with Gasteiger partial charge in [0.1, 0.15) is 0 Å². The van der Waals surface area contributed by atoms with Crippen molar-refractivity contribution in [1.82, 2.24) is 0 Å². The maximum absolute atomic E-state index is 3.25. The van der Waals surface area contributed by atoms with Gasteiger partial charge in [0.25, 0.3) is 0 Å². The van der Waals surface area contributed by atoms with E-state index in [4.69, 9.17) is 0 Å². The zero-order valence-electron chi connectivity index (χ0n) is 3.40. The van der Waals surface area contributed by atoms with Crippen molar-refractivity contribution in [3.63, 3.8) is 0 Å². The Morgan fingerprint density at radius 2 is 1.60 bits per heavy atom. The zero-order chi connectivity index (χ0) is 2.71. The molecule has 0 aliphatic carbocycles. The summed E-state index contributed by atoms with van der Waals surface area (Å²) in [6.45, 7) is 6.50. The van der Waals surface area contributed by atoms with E-state index in [0.717, 1.165) is 0 Å². The second-order valence-electron chi connectivity index (χ2n) is 0.289. The Morgan fingerprint density at radius 3 is 1.60 bits per heavy atom. The molecular formula is C4H8W. The predicted octanol–water partition coefficient (Wildman–Crippen LogP) is 1.45. The summed E-state index contributed by atoms with van der Waals surface area (Å²) >= 11 is 0. The van der Waals surface area contributed by atoms with E-state index in [1.54, 1.807) is 0 Å². The molecule has 0 aliphatic heterocycles. The minimum Gasteiger partial charge on any atom is -0.358 e. The van der Waals surface area contributed by atoms with Gasteiger partial charge in [-0.25, -0.2) is 19.6 Å². The Hall–Kier alpha value is 0.298. The first kappa shape index (κ1) is 18.5. The van der Waals surface area contributed by atoms with Crippen LogP contribution < -0.4 is 0 Å². The molecule has 0 rings (SSSR count). The van der Waals surface area contributed by atoms with Gasteiger partial charge >= 0.3 is 21.1 Å². The summed E-state index contributed by atoms with van der Waals surface area (Å²) in [6, 6.07) is 0. The molecule has 0 heterocycles. The summed E-state index contributed by atoms with van der Waals surface area (Å²) in [5.74, 6) is 0. The van der Waals surface area contributed by atoms with Crippen LogP contribution in [0.25, 0.3) is 0 Å². The molecule has 0 spiro atoms. The molecule has 0 nitrogen and oxygen atoms in total. The fraction of sp³-hybridized carbons (Fsp3) is 0. The fourth-order valence-electron chi connectivity index (χ4n) is 0. The van der Waals surface area contributed by atoms with Crippen molar-refractivity contribution in [3.05, 3.63) is 27.0 Å². The van der Waals surface area contributed by atoms with Gasteiger partial charge in [-0.15, -0.1) is 0 Å². The van der Waals surface area contributed by atoms with Crippen LogP contribution >= 0.6 is 0 Å². The van der Waals surface area contributed by atoms with E-state index in [9.17, 15) is 0 Å². The number of hydrogen-bond acceptors (Lipinski definition) is 0. The first-order chi connectivity index (χ1) is 1.41. The van der Waals surface area contributed by atoms with Crippen LogP contribution in [0.2, 0.25) is 0 Å². The average molecular weight is 240 g/mol. The zero-order valence-corrected chi connectivity index (χ0v) is 6.33. The fourth-order valence-corrected chi connectivity index (χ4v) is 0. The van der Waals surface area contributed by atoms with Crippen molar-refractivity contribution in [2.24, 2.45) is 0 Å². The molecule has 0 aromatic rings. The third kappa shape index (κ3) is 255. The van der Waals surface area contributed by atoms with Crippen LogP contribution in [0.3, 0.4) is 0 Å². The van der Waals surface area contributed by atoms with Crippen molar-refractivity contribution >= 4 is 0 Å². The molecule has 0 unspecified atom stereocenters. The smallest absolute Gasteiger partial charge is 0.358 e. The van der Waals surface area contributed by atoms with Gasteiger partial charge in [0.05, 0.1) is 0 Å². The maximum atomic E-state index is 3.25. The summed E-state index contributed by atoms with van der Waals surface area (Å²) in [7, 11) is 0. The summed E-state index contributed by atoms with van der Waals surface area (Å²) in [4.78, 5) is 0.